The summed E-state index contributed by atoms with van der Waals surface area (Å²) in [4.78, 5) is 23.1. The number of methoxy groups -OCH3 is 1. The second-order valence-electron chi connectivity index (χ2n) is 8.22. The van der Waals surface area contributed by atoms with Gasteiger partial charge in [0, 0.05) is 44.2 Å². The Morgan fingerprint density at radius 3 is 2.55 bits per heavy atom. The zero-order valence-electron chi connectivity index (χ0n) is 18.5. The third-order valence-corrected chi connectivity index (χ3v) is 5.85. The molecule has 10 heteroatoms. The van der Waals surface area contributed by atoms with Gasteiger partial charge < -0.3 is 19.1 Å². The van der Waals surface area contributed by atoms with Crippen LogP contribution in [0.5, 0.6) is 6.01 Å². The van der Waals surface area contributed by atoms with E-state index in [1.165, 1.54) is 19.2 Å². The number of ether oxygens (including phenoxy) is 3. The van der Waals surface area contributed by atoms with Crippen molar-refractivity contribution in [3.05, 3.63) is 35.9 Å². The zero-order valence-corrected chi connectivity index (χ0v) is 18.5. The maximum Gasteiger partial charge on any atom is 0.416 e. The van der Waals surface area contributed by atoms with E-state index in [9.17, 15) is 18.0 Å². The second kappa shape index (κ2) is 9.17. The molecule has 1 unspecified atom stereocenters. The lowest BCUT2D eigenvalue weighted by Gasteiger charge is -2.33. The normalized spacial score (nSPS) is 19.8. The second-order valence-corrected chi connectivity index (χ2v) is 8.22. The molecule has 178 valence electrons. The molecule has 1 atom stereocenters. The van der Waals surface area contributed by atoms with Crippen LogP contribution in [0.1, 0.15) is 38.2 Å². The Balaban J connectivity index is 1.68. The van der Waals surface area contributed by atoms with Crippen molar-refractivity contribution < 1.29 is 32.2 Å². The van der Waals surface area contributed by atoms with Crippen molar-refractivity contribution in [3.8, 4) is 17.3 Å². The molecular formula is C23H26F3N3O4. The highest BCUT2D eigenvalue weighted by Crippen LogP contribution is 2.41. The van der Waals surface area contributed by atoms with Gasteiger partial charge in [-0.05, 0) is 31.9 Å². The number of carbonyl (C=O) groups excluding carboxylic acids is 1. The minimum Gasteiger partial charge on any atom is -0.466 e. The third kappa shape index (κ3) is 5.21. The van der Waals surface area contributed by atoms with Crippen molar-refractivity contribution in [2.75, 3.05) is 31.7 Å². The van der Waals surface area contributed by atoms with E-state index in [-0.39, 0.29) is 12.1 Å². The number of halogens is 3. The Labute approximate surface area is 189 Å². The number of anilines is 1. The number of aromatic nitrogens is 2. The zero-order chi connectivity index (χ0) is 23.6. The minimum absolute atomic E-state index is 0.0103. The summed E-state index contributed by atoms with van der Waals surface area (Å²) in [6, 6.07) is 6.47. The summed E-state index contributed by atoms with van der Waals surface area (Å²) in [5.74, 6) is 0.0712. The number of alkyl halides is 3. The lowest BCUT2D eigenvalue weighted by atomic mass is 10.1. The molecule has 0 N–H and O–H groups in total. The predicted molar refractivity (Wildman–Crippen MR) is 114 cm³/mol. The average molecular weight is 465 g/mol. The number of nitrogens with zero attached hydrogens (tertiary/aromatic N) is 3. The van der Waals surface area contributed by atoms with Gasteiger partial charge in [-0.15, -0.1) is 0 Å². The molecule has 0 spiro atoms. The highest BCUT2D eigenvalue weighted by molar-refractivity contribution is 5.83. The van der Waals surface area contributed by atoms with Crippen molar-refractivity contribution in [3.63, 3.8) is 0 Å². The molecule has 1 aliphatic heterocycles. The lowest BCUT2D eigenvalue weighted by Crippen LogP contribution is -2.40. The van der Waals surface area contributed by atoms with Gasteiger partial charge in [-0.25, -0.2) is 4.79 Å². The SMILES string of the molecule is CCOC1CCCN(c2cc(-c3ccc(C(F)(F)F)cc3)nc(OC3(C(=O)OC)CC3)n2)C1. The fourth-order valence-corrected chi connectivity index (χ4v) is 3.94. The Kier molecular flexibility index (Phi) is 6.47. The number of hydrogen-bond acceptors (Lipinski definition) is 7. The van der Waals surface area contributed by atoms with Gasteiger partial charge in [0.25, 0.3) is 0 Å². The van der Waals surface area contributed by atoms with Gasteiger partial charge in [-0.2, -0.15) is 23.1 Å². The van der Waals surface area contributed by atoms with Gasteiger partial charge in [-0.3, -0.25) is 0 Å². The van der Waals surface area contributed by atoms with Gasteiger partial charge in [0.05, 0.1) is 24.5 Å². The first-order valence-corrected chi connectivity index (χ1v) is 10.9. The van der Waals surface area contributed by atoms with Crippen LogP contribution < -0.4 is 9.64 Å². The molecule has 4 rings (SSSR count). The molecule has 1 saturated heterocycles. The molecule has 1 aromatic heterocycles. The van der Waals surface area contributed by atoms with E-state index in [2.05, 4.69) is 9.97 Å². The van der Waals surface area contributed by atoms with Gasteiger partial charge in [-0.1, -0.05) is 12.1 Å². The largest absolute Gasteiger partial charge is 0.466 e. The van der Waals surface area contributed by atoms with E-state index < -0.39 is 23.3 Å². The first kappa shape index (κ1) is 23.3. The molecular weight excluding hydrogens is 439 g/mol. The van der Waals surface area contributed by atoms with Crippen LogP contribution in [0.25, 0.3) is 11.3 Å². The highest BCUT2D eigenvalue weighted by atomic mass is 19.4. The fourth-order valence-electron chi connectivity index (χ4n) is 3.94. The molecule has 2 fully saturated rings. The molecule has 7 nitrogen and oxygen atoms in total. The average Bonchev–Trinajstić information content (AvgIpc) is 3.59. The lowest BCUT2D eigenvalue weighted by molar-refractivity contribution is -0.151. The summed E-state index contributed by atoms with van der Waals surface area (Å²) < 4.78 is 55.5. The summed E-state index contributed by atoms with van der Waals surface area (Å²) in [5.41, 5.74) is -0.962. The van der Waals surface area contributed by atoms with Crippen LogP contribution in [-0.2, 0) is 20.4 Å². The Hall–Kier alpha value is -2.88. The van der Waals surface area contributed by atoms with Crippen molar-refractivity contribution in [2.24, 2.45) is 0 Å². The van der Waals surface area contributed by atoms with Crippen LogP contribution in [0, 0.1) is 0 Å². The van der Waals surface area contributed by atoms with Crippen LogP contribution in [0.15, 0.2) is 30.3 Å². The number of rotatable bonds is 7. The minimum atomic E-state index is -4.43. The van der Waals surface area contributed by atoms with Crippen LogP contribution in [0.2, 0.25) is 0 Å². The van der Waals surface area contributed by atoms with E-state index in [0.717, 1.165) is 31.5 Å². The maximum atomic E-state index is 13.0. The number of piperidine rings is 1. The molecule has 0 radical (unpaired) electrons. The molecule has 1 aromatic carbocycles. The van der Waals surface area contributed by atoms with E-state index >= 15 is 0 Å². The topological polar surface area (TPSA) is 73.8 Å². The Bertz CT molecular complexity index is 991. The number of esters is 1. The van der Waals surface area contributed by atoms with E-state index in [1.807, 2.05) is 11.8 Å². The number of hydrogen-bond donors (Lipinski definition) is 0. The van der Waals surface area contributed by atoms with E-state index in [1.54, 1.807) is 6.07 Å². The highest BCUT2D eigenvalue weighted by Gasteiger charge is 2.55. The van der Waals surface area contributed by atoms with Crippen molar-refractivity contribution in [1.29, 1.82) is 0 Å². The van der Waals surface area contributed by atoms with Gasteiger partial charge >= 0.3 is 18.2 Å². The molecule has 1 saturated carbocycles. The van der Waals surface area contributed by atoms with E-state index in [4.69, 9.17) is 14.2 Å². The Morgan fingerprint density at radius 2 is 1.94 bits per heavy atom. The van der Waals surface area contributed by atoms with Crippen molar-refractivity contribution in [1.82, 2.24) is 9.97 Å². The van der Waals surface area contributed by atoms with Gasteiger partial charge in [0.1, 0.15) is 5.82 Å². The van der Waals surface area contributed by atoms with Crippen molar-refractivity contribution in [2.45, 2.75) is 50.5 Å². The first-order chi connectivity index (χ1) is 15.7. The summed E-state index contributed by atoms with van der Waals surface area (Å²) in [6.45, 7) is 3.92. The maximum absolute atomic E-state index is 13.0. The van der Waals surface area contributed by atoms with Gasteiger partial charge in [0.15, 0.2) is 0 Å². The monoisotopic (exact) mass is 465 g/mol. The smallest absolute Gasteiger partial charge is 0.416 e. The predicted octanol–water partition coefficient (Wildman–Crippen LogP) is 4.25. The molecule has 0 amide bonds. The van der Waals surface area contributed by atoms with Crippen LogP contribution >= 0.6 is 0 Å². The standard InChI is InChI=1S/C23H26F3N3O4/c1-3-32-17-5-4-12-29(14-17)19-13-18(15-6-8-16(9-7-15)23(24,25)26)27-21(28-19)33-22(10-11-22)20(30)31-2/h6-9,13,17H,3-5,10-12,14H2,1-2H3. The molecule has 1 aliphatic carbocycles. The van der Waals surface area contributed by atoms with Crippen LogP contribution in [0.3, 0.4) is 0 Å². The van der Waals surface area contributed by atoms with Crippen LogP contribution in [-0.4, -0.2) is 54.4 Å². The number of carbonyl (C=O) groups is 1. The summed E-state index contributed by atoms with van der Waals surface area (Å²) in [6.07, 6.45) is -1.55. The summed E-state index contributed by atoms with van der Waals surface area (Å²) >= 11 is 0. The summed E-state index contributed by atoms with van der Waals surface area (Å²) in [5, 5.41) is 0. The summed E-state index contributed by atoms with van der Waals surface area (Å²) in [7, 11) is 1.29. The quantitative estimate of drug-likeness (QED) is 0.566. The molecule has 0 bridgehead atoms. The van der Waals surface area contributed by atoms with Gasteiger partial charge in [0.2, 0.25) is 5.60 Å². The third-order valence-electron chi connectivity index (χ3n) is 5.85. The first-order valence-electron chi connectivity index (χ1n) is 10.9. The Morgan fingerprint density at radius 1 is 1.21 bits per heavy atom. The molecule has 33 heavy (non-hydrogen) atoms. The van der Waals surface area contributed by atoms with Crippen LogP contribution in [0.4, 0.5) is 19.0 Å². The fraction of sp³-hybridized carbons (Fsp3) is 0.522. The van der Waals surface area contributed by atoms with E-state index in [0.29, 0.717) is 43.1 Å². The molecule has 2 aromatic rings. The molecule has 2 heterocycles. The van der Waals surface area contributed by atoms with Crippen molar-refractivity contribution >= 4 is 11.8 Å². The molecule has 2 aliphatic rings. The number of benzene rings is 1.